The summed E-state index contributed by atoms with van der Waals surface area (Å²) < 4.78 is 19.7. The van der Waals surface area contributed by atoms with E-state index >= 15 is 0 Å². The van der Waals surface area contributed by atoms with Gasteiger partial charge in [0.2, 0.25) is 0 Å². The zero-order chi connectivity index (χ0) is 15.4. The Kier molecular flexibility index (Phi) is 4.96. The van der Waals surface area contributed by atoms with Gasteiger partial charge in [-0.1, -0.05) is 40.2 Å². The van der Waals surface area contributed by atoms with Gasteiger partial charge >= 0.3 is 5.97 Å². The molecule has 0 aliphatic rings. The van der Waals surface area contributed by atoms with E-state index in [1.807, 2.05) is 0 Å². The summed E-state index contributed by atoms with van der Waals surface area (Å²) in [7, 11) is 0. The van der Waals surface area contributed by atoms with Gasteiger partial charge < -0.3 is 9.84 Å². The largest absolute Gasteiger partial charge is 0.486 e. The van der Waals surface area contributed by atoms with E-state index in [1.165, 1.54) is 6.07 Å². The molecule has 2 aromatic rings. The van der Waals surface area contributed by atoms with E-state index < -0.39 is 17.7 Å². The van der Waals surface area contributed by atoms with E-state index in [1.54, 1.807) is 43.3 Å². The molecule has 0 aromatic heterocycles. The zero-order valence-corrected chi connectivity index (χ0v) is 12.9. The molecule has 0 saturated heterocycles. The minimum atomic E-state index is -0.866. The number of rotatable bonds is 5. The van der Waals surface area contributed by atoms with Gasteiger partial charge in [0.05, 0.1) is 5.92 Å². The lowest BCUT2D eigenvalue weighted by atomic mass is 10.0. The van der Waals surface area contributed by atoms with Crippen molar-refractivity contribution in [3.05, 3.63) is 63.9 Å². The van der Waals surface area contributed by atoms with Crippen LogP contribution in [0.15, 0.2) is 46.9 Å². The lowest BCUT2D eigenvalue weighted by Crippen LogP contribution is -2.07. The van der Waals surface area contributed by atoms with Gasteiger partial charge in [0.25, 0.3) is 0 Å². The third-order valence-corrected chi connectivity index (χ3v) is 3.63. The second kappa shape index (κ2) is 6.72. The molecule has 2 aromatic carbocycles. The Labute approximate surface area is 130 Å². The van der Waals surface area contributed by atoms with Gasteiger partial charge in [-0.25, -0.2) is 4.39 Å². The van der Waals surface area contributed by atoms with Crippen molar-refractivity contribution >= 4 is 21.9 Å². The Morgan fingerprint density at radius 3 is 2.57 bits per heavy atom. The SMILES string of the molecule is CC(C(=O)O)c1ccc(COc2cc(Br)ccc2F)cc1. The molecule has 0 heterocycles. The lowest BCUT2D eigenvalue weighted by Gasteiger charge is -2.10. The minimum absolute atomic E-state index is 0.173. The molecule has 0 amide bonds. The van der Waals surface area contributed by atoms with Crippen LogP contribution < -0.4 is 4.74 Å². The van der Waals surface area contributed by atoms with Gasteiger partial charge in [0.15, 0.2) is 11.6 Å². The van der Waals surface area contributed by atoms with Crippen molar-refractivity contribution in [1.82, 2.24) is 0 Å². The molecule has 0 bridgehead atoms. The summed E-state index contributed by atoms with van der Waals surface area (Å²) in [5.41, 5.74) is 1.57. The molecule has 1 atom stereocenters. The standard InChI is InChI=1S/C16H14BrFO3/c1-10(16(19)20)12-4-2-11(3-5-12)9-21-15-8-13(17)6-7-14(15)18/h2-8,10H,9H2,1H3,(H,19,20). The Morgan fingerprint density at radius 1 is 1.29 bits per heavy atom. The Hall–Kier alpha value is -1.88. The number of benzene rings is 2. The Morgan fingerprint density at radius 2 is 1.95 bits per heavy atom. The maximum absolute atomic E-state index is 13.5. The van der Waals surface area contributed by atoms with E-state index in [2.05, 4.69) is 15.9 Å². The molecule has 21 heavy (non-hydrogen) atoms. The number of hydrogen-bond donors (Lipinski definition) is 1. The zero-order valence-electron chi connectivity index (χ0n) is 11.3. The summed E-state index contributed by atoms with van der Waals surface area (Å²) in [5, 5.41) is 8.94. The van der Waals surface area contributed by atoms with Crippen molar-refractivity contribution < 1.29 is 19.0 Å². The summed E-state index contributed by atoms with van der Waals surface area (Å²) in [5.74, 6) is -1.67. The molecule has 0 fully saturated rings. The smallest absolute Gasteiger partial charge is 0.310 e. The van der Waals surface area contributed by atoms with E-state index in [0.717, 1.165) is 15.6 Å². The second-order valence-corrected chi connectivity index (χ2v) is 5.58. The third-order valence-electron chi connectivity index (χ3n) is 3.14. The highest BCUT2D eigenvalue weighted by Gasteiger charge is 2.13. The number of aliphatic carboxylic acids is 1. The van der Waals surface area contributed by atoms with E-state index in [4.69, 9.17) is 9.84 Å². The summed E-state index contributed by atoms with van der Waals surface area (Å²) in [6.45, 7) is 1.85. The Bertz CT molecular complexity index is 640. The van der Waals surface area contributed by atoms with Crippen LogP contribution in [-0.4, -0.2) is 11.1 Å². The molecule has 2 rings (SSSR count). The number of carbonyl (C=O) groups is 1. The molecule has 0 saturated carbocycles. The fourth-order valence-corrected chi connectivity index (χ4v) is 2.13. The van der Waals surface area contributed by atoms with Crippen molar-refractivity contribution in [3.63, 3.8) is 0 Å². The first-order valence-electron chi connectivity index (χ1n) is 6.37. The monoisotopic (exact) mass is 352 g/mol. The number of carboxylic acid groups (broad SMARTS) is 1. The van der Waals surface area contributed by atoms with Crippen molar-refractivity contribution in [1.29, 1.82) is 0 Å². The maximum atomic E-state index is 13.5. The van der Waals surface area contributed by atoms with Crippen molar-refractivity contribution in [3.8, 4) is 5.75 Å². The van der Waals surface area contributed by atoms with Gasteiger partial charge in [-0.2, -0.15) is 0 Å². The van der Waals surface area contributed by atoms with Gasteiger partial charge in [-0.15, -0.1) is 0 Å². The normalized spacial score (nSPS) is 12.0. The molecule has 1 N–H and O–H groups in total. The summed E-state index contributed by atoms with van der Waals surface area (Å²) in [6.07, 6.45) is 0. The molecular formula is C16H14BrFO3. The molecule has 0 aliphatic heterocycles. The topological polar surface area (TPSA) is 46.5 Å². The maximum Gasteiger partial charge on any atom is 0.310 e. The van der Waals surface area contributed by atoms with Crippen molar-refractivity contribution in [2.75, 3.05) is 0 Å². The van der Waals surface area contributed by atoms with Gasteiger partial charge in [0, 0.05) is 4.47 Å². The molecule has 1 unspecified atom stereocenters. The Balaban J connectivity index is 2.04. The predicted octanol–water partition coefficient (Wildman–Crippen LogP) is 4.36. The highest BCUT2D eigenvalue weighted by atomic mass is 79.9. The highest BCUT2D eigenvalue weighted by molar-refractivity contribution is 9.10. The minimum Gasteiger partial charge on any atom is -0.486 e. The van der Waals surface area contributed by atoms with Crippen LogP contribution in [-0.2, 0) is 11.4 Å². The fourth-order valence-electron chi connectivity index (χ4n) is 1.79. The van der Waals surface area contributed by atoms with Crippen LogP contribution >= 0.6 is 15.9 Å². The first kappa shape index (κ1) is 15.5. The molecule has 3 nitrogen and oxygen atoms in total. The van der Waals surface area contributed by atoms with E-state index in [9.17, 15) is 9.18 Å². The van der Waals surface area contributed by atoms with Crippen molar-refractivity contribution in [2.24, 2.45) is 0 Å². The van der Waals surface area contributed by atoms with Crippen LogP contribution in [0.2, 0.25) is 0 Å². The number of halogens is 2. The average Bonchev–Trinajstić information content (AvgIpc) is 2.48. The van der Waals surface area contributed by atoms with Crippen LogP contribution in [0.3, 0.4) is 0 Å². The van der Waals surface area contributed by atoms with E-state index in [-0.39, 0.29) is 12.4 Å². The lowest BCUT2D eigenvalue weighted by molar-refractivity contribution is -0.138. The number of ether oxygens (including phenoxy) is 1. The molecule has 0 radical (unpaired) electrons. The first-order chi connectivity index (χ1) is 9.97. The summed E-state index contributed by atoms with van der Waals surface area (Å²) in [6, 6.07) is 11.6. The van der Waals surface area contributed by atoms with Crippen LogP contribution in [0.4, 0.5) is 4.39 Å². The molecule has 0 spiro atoms. The summed E-state index contributed by atoms with van der Waals surface area (Å²) in [4.78, 5) is 10.9. The van der Waals surface area contributed by atoms with E-state index in [0.29, 0.717) is 0 Å². The number of carboxylic acids is 1. The third kappa shape index (κ3) is 4.04. The second-order valence-electron chi connectivity index (χ2n) is 4.66. The first-order valence-corrected chi connectivity index (χ1v) is 7.16. The van der Waals surface area contributed by atoms with Gasteiger partial charge in [-0.3, -0.25) is 4.79 Å². The predicted molar refractivity (Wildman–Crippen MR) is 80.9 cm³/mol. The van der Waals surface area contributed by atoms with Crippen LogP contribution in [0, 0.1) is 5.82 Å². The summed E-state index contributed by atoms with van der Waals surface area (Å²) >= 11 is 3.26. The van der Waals surface area contributed by atoms with Crippen molar-refractivity contribution in [2.45, 2.75) is 19.4 Å². The highest BCUT2D eigenvalue weighted by Crippen LogP contribution is 2.23. The fraction of sp³-hybridized carbons (Fsp3) is 0.188. The molecule has 0 aliphatic carbocycles. The molecule has 5 heteroatoms. The average molecular weight is 353 g/mol. The molecular weight excluding hydrogens is 339 g/mol. The van der Waals surface area contributed by atoms with Crippen LogP contribution in [0.1, 0.15) is 24.0 Å². The number of hydrogen-bond acceptors (Lipinski definition) is 2. The van der Waals surface area contributed by atoms with Crippen LogP contribution in [0.5, 0.6) is 5.75 Å². The quantitative estimate of drug-likeness (QED) is 0.869. The van der Waals surface area contributed by atoms with Gasteiger partial charge in [0.1, 0.15) is 6.61 Å². The molecule has 110 valence electrons. The van der Waals surface area contributed by atoms with Gasteiger partial charge in [-0.05, 0) is 36.2 Å². The van der Waals surface area contributed by atoms with Crippen LogP contribution in [0.25, 0.3) is 0 Å².